The molecule has 0 radical (unpaired) electrons. The summed E-state index contributed by atoms with van der Waals surface area (Å²) < 4.78 is 10.8. The van der Waals surface area contributed by atoms with Gasteiger partial charge in [-0.2, -0.15) is 0 Å². The molecule has 1 aliphatic rings. The minimum absolute atomic E-state index is 0.0653. The zero-order valence-corrected chi connectivity index (χ0v) is 12.1. The van der Waals surface area contributed by atoms with Gasteiger partial charge in [0.1, 0.15) is 0 Å². The monoisotopic (exact) mass is 245 g/mol. The van der Waals surface area contributed by atoms with Crippen LogP contribution in [0.3, 0.4) is 0 Å². The Labute approximate surface area is 106 Å². The average Bonchev–Trinajstić information content (AvgIpc) is 2.33. The standard InChI is InChI=1S/C9H17NO3.C2H6.C2H4/c1-9(2)12-5-7(6-13-9)8(11)10(3)4;2*1-2/h7H,5-6H2,1-4H3;1-2H3;1-2H2. The number of rotatable bonds is 1. The van der Waals surface area contributed by atoms with Crippen molar-refractivity contribution in [3.63, 3.8) is 0 Å². The van der Waals surface area contributed by atoms with Crippen LogP contribution >= 0.6 is 0 Å². The van der Waals surface area contributed by atoms with E-state index < -0.39 is 5.79 Å². The second kappa shape index (κ2) is 9.19. The Hall–Kier alpha value is -0.870. The summed E-state index contributed by atoms with van der Waals surface area (Å²) in [5.74, 6) is -0.623. The molecule has 0 aromatic heterocycles. The zero-order valence-electron chi connectivity index (χ0n) is 12.1. The molecule has 1 heterocycles. The molecule has 0 saturated carbocycles. The van der Waals surface area contributed by atoms with Crippen LogP contribution in [0, 0.1) is 5.92 Å². The molecule has 1 amide bonds. The highest BCUT2D eigenvalue weighted by molar-refractivity contribution is 5.78. The molecule has 0 aromatic rings. The molecular weight excluding hydrogens is 218 g/mol. The maximum Gasteiger partial charge on any atom is 0.229 e. The Morgan fingerprint density at radius 2 is 1.53 bits per heavy atom. The molecule has 0 unspecified atom stereocenters. The number of hydrogen-bond donors (Lipinski definition) is 0. The van der Waals surface area contributed by atoms with Crippen LogP contribution in [-0.2, 0) is 14.3 Å². The van der Waals surface area contributed by atoms with E-state index in [0.29, 0.717) is 13.2 Å². The lowest BCUT2D eigenvalue weighted by atomic mass is 10.1. The smallest absolute Gasteiger partial charge is 0.229 e. The van der Waals surface area contributed by atoms with Gasteiger partial charge in [0.15, 0.2) is 5.79 Å². The summed E-state index contributed by atoms with van der Waals surface area (Å²) in [6.45, 7) is 14.6. The van der Waals surface area contributed by atoms with Gasteiger partial charge in [-0.3, -0.25) is 4.79 Å². The first kappa shape index (κ1) is 18.5. The van der Waals surface area contributed by atoms with Crippen molar-refractivity contribution >= 4 is 5.91 Å². The van der Waals surface area contributed by atoms with Crippen LogP contribution in [0.1, 0.15) is 27.7 Å². The maximum atomic E-state index is 11.5. The SMILES string of the molecule is C=C.CC.CN(C)C(=O)C1COC(C)(C)OC1. The van der Waals surface area contributed by atoms with E-state index in [-0.39, 0.29) is 11.8 Å². The summed E-state index contributed by atoms with van der Waals surface area (Å²) in [4.78, 5) is 13.0. The van der Waals surface area contributed by atoms with Gasteiger partial charge in [0.25, 0.3) is 0 Å². The van der Waals surface area contributed by atoms with Crippen molar-refractivity contribution in [3.8, 4) is 0 Å². The number of ether oxygens (including phenoxy) is 2. The van der Waals surface area contributed by atoms with Crippen molar-refractivity contribution in [3.05, 3.63) is 13.2 Å². The van der Waals surface area contributed by atoms with E-state index in [2.05, 4.69) is 13.2 Å². The summed E-state index contributed by atoms with van der Waals surface area (Å²) in [7, 11) is 3.48. The average molecular weight is 245 g/mol. The van der Waals surface area contributed by atoms with Gasteiger partial charge in [0.2, 0.25) is 5.91 Å². The molecule has 0 atom stereocenters. The Morgan fingerprint density at radius 1 is 1.18 bits per heavy atom. The first-order valence-corrected chi connectivity index (χ1v) is 5.91. The first-order valence-electron chi connectivity index (χ1n) is 5.91. The molecule has 1 aliphatic heterocycles. The lowest BCUT2D eigenvalue weighted by Gasteiger charge is -2.35. The van der Waals surface area contributed by atoms with Gasteiger partial charge in [-0.05, 0) is 13.8 Å². The maximum absolute atomic E-state index is 11.5. The first-order chi connectivity index (χ1) is 7.92. The van der Waals surface area contributed by atoms with Crippen LogP contribution in [0.5, 0.6) is 0 Å². The molecule has 0 aliphatic carbocycles. The Morgan fingerprint density at radius 3 is 1.82 bits per heavy atom. The van der Waals surface area contributed by atoms with Crippen LogP contribution in [-0.4, -0.2) is 43.9 Å². The second-order valence-electron chi connectivity index (χ2n) is 3.95. The Kier molecular flexibility index (Phi) is 10.00. The second-order valence-corrected chi connectivity index (χ2v) is 3.95. The molecule has 0 aromatic carbocycles. The summed E-state index contributed by atoms with van der Waals surface area (Å²) in [6, 6.07) is 0. The predicted octanol–water partition coefficient (Wildman–Crippen LogP) is 2.30. The lowest BCUT2D eigenvalue weighted by molar-refractivity contribution is -0.260. The number of nitrogens with zero attached hydrogens (tertiary/aromatic N) is 1. The van der Waals surface area contributed by atoms with Crippen molar-refractivity contribution < 1.29 is 14.3 Å². The fraction of sp³-hybridized carbons (Fsp3) is 0.769. The van der Waals surface area contributed by atoms with Gasteiger partial charge in [-0.15, -0.1) is 13.2 Å². The molecule has 0 bridgehead atoms. The van der Waals surface area contributed by atoms with Gasteiger partial charge in [-0.25, -0.2) is 0 Å². The van der Waals surface area contributed by atoms with E-state index in [1.54, 1.807) is 19.0 Å². The zero-order chi connectivity index (χ0) is 14.1. The van der Waals surface area contributed by atoms with Crippen molar-refractivity contribution in [1.29, 1.82) is 0 Å². The molecule has 0 N–H and O–H groups in total. The molecule has 1 saturated heterocycles. The largest absolute Gasteiger partial charge is 0.350 e. The third-order valence-electron chi connectivity index (χ3n) is 2.05. The van der Waals surface area contributed by atoms with Crippen molar-refractivity contribution in [2.45, 2.75) is 33.5 Å². The van der Waals surface area contributed by atoms with E-state index in [1.165, 1.54) is 0 Å². The highest BCUT2D eigenvalue weighted by Gasteiger charge is 2.32. The third-order valence-corrected chi connectivity index (χ3v) is 2.05. The molecule has 4 heteroatoms. The van der Waals surface area contributed by atoms with Crippen molar-refractivity contribution in [1.82, 2.24) is 4.90 Å². The van der Waals surface area contributed by atoms with E-state index in [1.807, 2.05) is 27.7 Å². The minimum atomic E-state index is -0.539. The van der Waals surface area contributed by atoms with E-state index >= 15 is 0 Å². The minimum Gasteiger partial charge on any atom is -0.350 e. The van der Waals surface area contributed by atoms with E-state index in [4.69, 9.17) is 9.47 Å². The number of amides is 1. The van der Waals surface area contributed by atoms with Crippen LogP contribution in [0.25, 0.3) is 0 Å². The van der Waals surface area contributed by atoms with Crippen LogP contribution in [0.4, 0.5) is 0 Å². The summed E-state index contributed by atoms with van der Waals surface area (Å²) in [6.07, 6.45) is 0. The highest BCUT2D eigenvalue weighted by Crippen LogP contribution is 2.21. The Bertz CT molecular complexity index is 205. The summed E-state index contributed by atoms with van der Waals surface area (Å²) >= 11 is 0. The molecular formula is C13H27NO3. The highest BCUT2D eigenvalue weighted by atomic mass is 16.7. The molecule has 1 fully saturated rings. The molecule has 1 rings (SSSR count). The normalized spacial score (nSPS) is 18.0. The summed E-state index contributed by atoms with van der Waals surface area (Å²) in [5, 5.41) is 0. The predicted molar refractivity (Wildman–Crippen MR) is 70.8 cm³/mol. The fourth-order valence-electron chi connectivity index (χ4n) is 1.20. The van der Waals surface area contributed by atoms with Crippen LogP contribution in [0.2, 0.25) is 0 Å². The summed E-state index contributed by atoms with van der Waals surface area (Å²) in [5.41, 5.74) is 0. The lowest BCUT2D eigenvalue weighted by Crippen LogP contribution is -2.45. The van der Waals surface area contributed by atoms with Crippen molar-refractivity contribution in [2.24, 2.45) is 5.92 Å². The number of carbonyl (C=O) groups is 1. The van der Waals surface area contributed by atoms with Crippen LogP contribution in [0.15, 0.2) is 13.2 Å². The van der Waals surface area contributed by atoms with Gasteiger partial charge in [0, 0.05) is 14.1 Å². The fourth-order valence-corrected chi connectivity index (χ4v) is 1.20. The van der Waals surface area contributed by atoms with Gasteiger partial charge in [-0.1, -0.05) is 13.8 Å². The van der Waals surface area contributed by atoms with Gasteiger partial charge >= 0.3 is 0 Å². The number of hydrogen-bond acceptors (Lipinski definition) is 3. The quantitative estimate of drug-likeness (QED) is 0.665. The topological polar surface area (TPSA) is 38.8 Å². The molecule has 0 spiro atoms. The van der Waals surface area contributed by atoms with Crippen LogP contribution < -0.4 is 0 Å². The number of carbonyl (C=O) groups excluding carboxylic acids is 1. The Balaban J connectivity index is 0. The third kappa shape index (κ3) is 7.13. The molecule has 4 nitrogen and oxygen atoms in total. The van der Waals surface area contributed by atoms with E-state index in [0.717, 1.165) is 0 Å². The molecule has 102 valence electrons. The van der Waals surface area contributed by atoms with Gasteiger partial charge in [0.05, 0.1) is 19.1 Å². The van der Waals surface area contributed by atoms with E-state index in [9.17, 15) is 4.79 Å². The van der Waals surface area contributed by atoms with Crippen molar-refractivity contribution in [2.75, 3.05) is 27.3 Å². The van der Waals surface area contributed by atoms with Gasteiger partial charge < -0.3 is 14.4 Å². The molecule has 17 heavy (non-hydrogen) atoms.